The van der Waals surface area contributed by atoms with E-state index in [1.165, 1.54) is 5.23 Å². The molecule has 0 saturated heterocycles. The molecule has 84 valence electrons. The second-order valence-electron chi connectivity index (χ2n) is 3.26. The molecule has 0 aliphatic rings. The van der Waals surface area contributed by atoms with Gasteiger partial charge >= 0.3 is 0 Å². The summed E-state index contributed by atoms with van der Waals surface area (Å²) in [6.07, 6.45) is 1.94. The molecule has 1 aromatic carbocycles. The van der Waals surface area contributed by atoms with E-state index >= 15 is 0 Å². The maximum absolute atomic E-state index is 5.49. The van der Waals surface area contributed by atoms with Gasteiger partial charge in [0.05, 0.1) is 18.9 Å². The molecule has 0 radical (unpaired) electrons. The predicted molar refractivity (Wildman–Crippen MR) is 61.4 cm³/mol. The van der Waals surface area contributed by atoms with Crippen molar-refractivity contribution >= 4 is 5.69 Å². The van der Waals surface area contributed by atoms with Crippen molar-refractivity contribution in [1.82, 2.24) is 0 Å². The van der Waals surface area contributed by atoms with Crippen molar-refractivity contribution in [2.45, 2.75) is 26.7 Å². The lowest BCUT2D eigenvalue weighted by Gasteiger charge is -2.22. The van der Waals surface area contributed by atoms with Gasteiger partial charge in [0.1, 0.15) is 0 Å². The van der Waals surface area contributed by atoms with Crippen LogP contribution in [0.15, 0.2) is 30.3 Å². The summed E-state index contributed by atoms with van der Waals surface area (Å²) in [7, 11) is 0. The third-order valence-electron chi connectivity index (χ3n) is 1.79. The predicted octanol–water partition coefficient (Wildman–Crippen LogP) is 3.18. The number of nitrogens with zero attached hydrogens (tertiary/aromatic N) is 1. The summed E-state index contributed by atoms with van der Waals surface area (Å²) in [5.74, 6) is 0. The fourth-order valence-corrected chi connectivity index (χ4v) is 1.08. The van der Waals surface area contributed by atoms with Crippen LogP contribution in [0.3, 0.4) is 0 Å². The smallest absolute Gasteiger partial charge is 0.0947 e. The van der Waals surface area contributed by atoms with Crippen molar-refractivity contribution in [2.75, 3.05) is 18.4 Å². The second kappa shape index (κ2) is 7.26. The molecule has 0 saturated carbocycles. The molecule has 0 fully saturated rings. The minimum Gasteiger partial charge on any atom is -0.249 e. The Bertz CT molecular complexity index is 243. The number of hydrogen-bond acceptors (Lipinski definition) is 3. The lowest BCUT2D eigenvalue weighted by Crippen LogP contribution is -2.24. The van der Waals surface area contributed by atoms with Crippen LogP contribution in [0.5, 0.6) is 0 Å². The molecule has 0 aliphatic heterocycles. The highest BCUT2D eigenvalue weighted by Gasteiger charge is 2.05. The molecule has 0 heterocycles. The van der Waals surface area contributed by atoms with Crippen LogP contribution >= 0.6 is 0 Å². The zero-order chi connectivity index (χ0) is 10.9. The Hall–Kier alpha value is -1.06. The van der Waals surface area contributed by atoms with Crippen LogP contribution in [-0.4, -0.2) is 13.2 Å². The zero-order valence-corrected chi connectivity index (χ0v) is 9.48. The zero-order valence-electron chi connectivity index (χ0n) is 9.48. The SMILES string of the molecule is CCCON(OCCC)c1ccccc1. The standard InChI is InChI=1S/C12H19NO2/c1-3-10-14-13(15-11-4-2)12-8-6-5-7-9-12/h5-9H,3-4,10-11H2,1-2H3. The van der Waals surface area contributed by atoms with Gasteiger partial charge in [0, 0.05) is 0 Å². The Balaban J connectivity index is 2.55. The Morgan fingerprint density at radius 2 is 1.47 bits per heavy atom. The molecule has 3 heteroatoms. The van der Waals surface area contributed by atoms with Gasteiger partial charge < -0.3 is 0 Å². The average molecular weight is 209 g/mol. The molecule has 0 bridgehead atoms. The van der Waals surface area contributed by atoms with Gasteiger partial charge in [-0.15, -0.1) is 5.23 Å². The summed E-state index contributed by atoms with van der Waals surface area (Å²) in [6.45, 7) is 5.48. The minimum atomic E-state index is 0.665. The Kier molecular flexibility index (Phi) is 5.81. The third kappa shape index (κ3) is 4.32. The van der Waals surface area contributed by atoms with E-state index in [0.29, 0.717) is 13.2 Å². The van der Waals surface area contributed by atoms with Crippen molar-refractivity contribution in [1.29, 1.82) is 0 Å². The Labute approximate surface area is 91.5 Å². The molecule has 0 aliphatic carbocycles. The summed E-state index contributed by atoms with van der Waals surface area (Å²) in [4.78, 5) is 11.0. The molecule has 15 heavy (non-hydrogen) atoms. The first kappa shape index (κ1) is 12.0. The number of hydrogen-bond donors (Lipinski definition) is 0. The quantitative estimate of drug-likeness (QED) is 0.644. The third-order valence-corrected chi connectivity index (χ3v) is 1.79. The fraction of sp³-hybridized carbons (Fsp3) is 0.500. The van der Waals surface area contributed by atoms with Crippen LogP contribution in [0.2, 0.25) is 0 Å². The lowest BCUT2D eigenvalue weighted by atomic mass is 10.3. The molecule has 1 rings (SSSR count). The van der Waals surface area contributed by atoms with Gasteiger partial charge in [-0.05, 0) is 25.0 Å². The highest BCUT2D eigenvalue weighted by Crippen LogP contribution is 2.14. The van der Waals surface area contributed by atoms with E-state index in [1.54, 1.807) is 0 Å². The fourth-order valence-electron chi connectivity index (χ4n) is 1.08. The number of rotatable bonds is 7. The van der Waals surface area contributed by atoms with Crippen LogP contribution in [0.4, 0.5) is 5.69 Å². The first-order chi connectivity index (χ1) is 7.38. The van der Waals surface area contributed by atoms with E-state index in [-0.39, 0.29) is 0 Å². The molecule has 0 unspecified atom stereocenters. The molecular weight excluding hydrogens is 190 g/mol. The summed E-state index contributed by atoms with van der Waals surface area (Å²) in [5, 5.41) is 1.51. The van der Waals surface area contributed by atoms with Gasteiger partial charge in [-0.25, -0.2) is 9.68 Å². The van der Waals surface area contributed by atoms with Gasteiger partial charge in [-0.3, -0.25) is 0 Å². The first-order valence-electron chi connectivity index (χ1n) is 5.49. The highest BCUT2D eigenvalue weighted by atomic mass is 16.9. The largest absolute Gasteiger partial charge is 0.249 e. The van der Waals surface area contributed by atoms with Crippen LogP contribution in [0.1, 0.15) is 26.7 Å². The van der Waals surface area contributed by atoms with Crippen LogP contribution in [0, 0.1) is 0 Å². The van der Waals surface area contributed by atoms with E-state index in [9.17, 15) is 0 Å². The maximum atomic E-state index is 5.49. The van der Waals surface area contributed by atoms with Gasteiger partial charge in [-0.1, -0.05) is 32.0 Å². The van der Waals surface area contributed by atoms with Gasteiger partial charge in [-0.2, -0.15) is 0 Å². The van der Waals surface area contributed by atoms with E-state index in [2.05, 4.69) is 13.8 Å². The molecule has 1 aromatic rings. The van der Waals surface area contributed by atoms with Crippen molar-refractivity contribution < 1.29 is 9.68 Å². The molecular formula is C12H19NO2. The molecule has 0 atom stereocenters. The van der Waals surface area contributed by atoms with E-state index in [1.807, 2.05) is 30.3 Å². The Morgan fingerprint density at radius 3 is 1.93 bits per heavy atom. The molecule has 0 amide bonds. The topological polar surface area (TPSA) is 21.7 Å². The van der Waals surface area contributed by atoms with E-state index in [4.69, 9.17) is 9.68 Å². The average Bonchev–Trinajstić information content (AvgIpc) is 2.30. The van der Waals surface area contributed by atoms with Crippen LogP contribution < -0.4 is 5.23 Å². The maximum Gasteiger partial charge on any atom is 0.0947 e. The van der Waals surface area contributed by atoms with Gasteiger partial charge in [0.15, 0.2) is 0 Å². The van der Waals surface area contributed by atoms with Gasteiger partial charge in [0.25, 0.3) is 0 Å². The molecule has 3 nitrogen and oxygen atoms in total. The van der Waals surface area contributed by atoms with Crippen molar-refractivity contribution in [3.8, 4) is 0 Å². The minimum absolute atomic E-state index is 0.665. The van der Waals surface area contributed by atoms with Crippen LogP contribution in [-0.2, 0) is 9.68 Å². The summed E-state index contributed by atoms with van der Waals surface area (Å²) < 4.78 is 0. The van der Waals surface area contributed by atoms with Crippen molar-refractivity contribution in [3.05, 3.63) is 30.3 Å². The van der Waals surface area contributed by atoms with Gasteiger partial charge in [0.2, 0.25) is 0 Å². The highest BCUT2D eigenvalue weighted by molar-refractivity contribution is 5.40. The first-order valence-corrected chi connectivity index (χ1v) is 5.49. The number of para-hydroxylation sites is 1. The molecule has 0 aromatic heterocycles. The number of benzene rings is 1. The Morgan fingerprint density at radius 1 is 0.933 bits per heavy atom. The van der Waals surface area contributed by atoms with E-state index < -0.39 is 0 Å². The van der Waals surface area contributed by atoms with Crippen LogP contribution in [0.25, 0.3) is 0 Å². The summed E-state index contributed by atoms with van der Waals surface area (Å²) in [5.41, 5.74) is 0.930. The number of anilines is 1. The second-order valence-corrected chi connectivity index (χ2v) is 3.26. The molecule has 0 spiro atoms. The lowest BCUT2D eigenvalue weighted by molar-refractivity contribution is -0.0893. The normalized spacial score (nSPS) is 10.3. The summed E-state index contributed by atoms with van der Waals surface area (Å²) >= 11 is 0. The summed E-state index contributed by atoms with van der Waals surface area (Å²) in [6, 6.07) is 9.83. The van der Waals surface area contributed by atoms with E-state index in [0.717, 1.165) is 18.5 Å². The van der Waals surface area contributed by atoms with Crippen molar-refractivity contribution in [2.24, 2.45) is 0 Å². The monoisotopic (exact) mass is 209 g/mol. The van der Waals surface area contributed by atoms with Crippen molar-refractivity contribution in [3.63, 3.8) is 0 Å². The molecule has 0 N–H and O–H groups in total.